The van der Waals surface area contributed by atoms with E-state index in [-0.39, 0.29) is 5.91 Å². The molecule has 1 saturated heterocycles. The molecule has 1 aromatic rings. The summed E-state index contributed by atoms with van der Waals surface area (Å²) in [6.45, 7) is 7.30. The first-order chi connectivity index (χ1) is 8.47. The molecule has 2 atom stereocenters. The van der Waals surface area contributed by atoms with Gasteiger partial charge < -0.3 is 9.88 Å². The van der Waals surface area contributed by atoms with Gasteiger partial charge in [0.25, 0.3) is 0 Å². The van der Waals surface area contributed by atoms with E-state index in [1.165, 1.54) is 11.3 Å². The average molecular weight is 284 g/mol. The molecule has 2 heterocycles. The third-order valence-corrected chi connectivity index (χ3v) is 5.03. The molecule has 0 bridgehead atoms. The smallest absolute Gasteiger partial charge is 0.228 e. The number of carbonyl (C=O) groups excluding carboxylic acids is 1. The van der Waals surface area contributed by atoms with E-state index in [4.69, 9.17) is 12.2 Å². The van der Waals surface area contributed by atoms with Crippen molar-refractivity contribution in [2.45, 2.75) is 46.1 Å². The van der Waals surface area contributed by atoms with Crippen molar-refractivity contribution in [3.8, 4) is 0 Å². The minimum Gasteiger partial charge on any atom is -0.341 e. The number of likely N-dealkylation sites (tertiary alicyclic amines) is 1. The Morgan fingerprint density at radius 1 is 1.56 bits per heavy atom. The van der Waals surface area contributed by atoms with E-state index in [9.17, 15) is 4.79 Å². The van der Waals surface area contributed by atoms with Gasteiger partial charge >= 0.3 is 0 Å². The van der Waals surface area contributed by atoms with Gasteiger partial charge in [0.1, 0.15) is 0 Å². The van der Waals surface area contributed by atoms with Crippen molar-refractivity contribution in [3.05, 3.63) is 14.5 Å². The van der Waals surface area contributed by atoms with E-state index in [0.717, 1.165) is 39.8 Å². The van der Waals surface area contributed by atoms with Crippen LogP contribution in [0.25, 0.3) is 0 Å². The van der Waals surface area contributed by atoms with Gasteiger partial charge in [0.15, 0.2) is 3.95 Å². The molecule has 5 heteroatoms. The van der Waals surface area contributed by atoms with E-state index in [1.54, 1.807) is 0 Å². The highest BCUT2D eigenvalue weighted by atomic mass is 32.1. The number of nitrogens with one attached hydrogen (secondary N) is 1. The Morgan fingerprint density at radius 2 is 2.28 bits per heavy atom. The second kappa shape index (κ2) is 5.53. The van der Waals surface area contributed by atoms with Crippen LogP contribution in [0.1, 0.15) is 37.3 Å². The zero-order chi connectivity index (χ0) is 13.3. The highest BCUT2D eigenvalue weighted by Gasteiger charge is 2.27. The average Bonchev–Trinajstić information content (AvgIpc) is 2.57. The molecule has 1 aliphatic rings. The van der Waals surface area contributed by atoms with Crippen LogP contribution in [0.15, 0.2) is 0 Å². The van der Waals surface area contributed by atoms with Crippen LogP contribution in [-0.2, 0) is 11.2 Å². The maximum Gasteiger partial charge on any atom is 0.228 e. The van der Waals surface area contributed by atoms with Gasteiger partial charge in [-0.2, -0.15) is 0 Å². The lowest BCUT2D eigenvalue weighted by Crippen LogP contribution is -2.44. The Labute approximate surface area is 117 Å². The summed E-state index contributed by atoms with van der Waals surface area (Å²) in [5, 5.41) is 0. The van der Waals surface area contributed by atoms with Crippen LogP contribution in [0, 0.1) is 16.8 Å². The summed E-state index contributed by atoms with van der Waals surface area (Å²) in [7, 11) is 0. The molecule has 18 heavy (non-hydrogen) atoms. The number of carbonyl (C=O) groups is 1. The Morgan fingerprint density at radius 3 is 2.83 bits per heavy atom. The standard InChI is InChI=1S/C13H20N2OS2/c1-8-4-5-15(9(2)6-8)12(16)7-11-10(3)14-13(17)18-11/h8-9H,4-7H2,1-3H3,(H,14,17). The Kier molecular flexibility index (Phi) is 4.22. The number of hydrogen-bond donors (Lipinski definition) is 1. The summed E-state index contributed by atoms with van der Waals surface area (Å²) >= 11 is 6.63. The topological polar surface area (TPSA) is 36.1 Å². The fourth-order valence-corrected chi connectivity index (χ4v) is 3.90. The molecule has 0 spiro atoms. The van der Waals surface area contributed by atoms with Crippen LogP contribution >= 0.6 is 23.6 Å². The molecule has 2 unspecified atom stereocenters. The van der Waals surface area contributed by atoms with Crippen LogP contribution in [-0.4, -0.2) is 28.4 Å². The van der Waals surface area contributed by atoms with Gasteiger partial charge in [-0.15, -0.1) is 11.3 Å². The summed E-state index contributed by atoms with van der Waals surface area (Å²) in [4.78, 5) is 18.5. The Bertz CT molecular complexity index is 491. The number of rotatable bonds is 2. The van der Waals surface area contributed by atoms with Crippen LogP contribution < -0.4 is 0 Å². The number of hydrogen-bond acceptors (Lipinski definition) is 3. The maximum absolute atomic E-state index is 12.3. The lowest BCUT2D eigenvalue weighted by atomic mass is 9.93. The second-order valence-corrected chi connectivity index (χ2v) is 7.08. The molecular weight excluding hydrogens is 264 g/mol. The monoisotopic (exact) mass is 284 g/mol. The fourth-order valence-electron chi connectivity index (χ4n) is 2.62. The van der Waals surface area contributed by atoms with Crippen molar-refractivity contribution < 1.29 is 4.79 Å². The number of amides is 1. The van der Waals surface area contributed by atoms with E-state index in [0.29, 0.717) is 12.5 Å². The second-order valence-electron chi connectivity index (χ2n) is 5.31. The third kappa shape index (κ3) is 3.01. The number of aromatic amines is 1. The number of aromatic nitrogens is 1. The Hall–Kier alpha value is -0.680. The summed E-state index contributed by atoms with van der Waals surface area (Å²) in [6, 6.07) is 0.369. The molecule has 0 radical (unpaired) electrons. The molecular formula is C13H20N2OS2. The first-order valence-electron chi connectivity index (χ1n) is 6.45. The van der Waals surface area contributed by atoms with Crippen molar-refractivity contribution in [1.29, 1.82) is 0 Å². The lowest BCUT2D eigenvalue weighted by molar-refractivity contribution is -0.134. The highest BCUT2D eigenvalue weighted by Crippen LogP contribution is 2.24. The number of piperidine rings is 1. The molecule has 1 fully saturated rings. The maximum atomic E-state index is 12.3. The zero-order valence-corrected chi connectivity index (χ0v) is 12.8. The molecule has 1 aromatic heterocycles. The molecule has 100 valence electrons. The molecule has 3 nitrogen and oxygen atoms in total. The van der Waals surface area contributed by atoms with Crippen molar-refractivity contribution in [3.63, 3.8) is 0 Å². The van der Waals surface area contributed by atoms with Crippen LogP contribution in [0.5, 0.6) is 0 Å². The molecule has 1 N–H and O–H groups in total. The molecule has 0 aliphatic carbocycles. The molecule has 0 saturated carbocycles. The van der Waals surface area contributed by atoms with Gasteiger partial charge in [-0.25, -0.2) is 0 Å². The zero-order valence-electron chi connectivity index (χ0n) is 11.2. The van der Waals surface area contributed by atoms with Gasteiger partial charge in [-0.1, -0.05) is 6.92 Å². The summed E-state index contributed by atoms with van der Waals surface area (Å²) in [5.41, 5.74) is 1.04. The number of nitrogens with zero attached hydrogens (tertiary/aromatic N) is 1. The van der Waals surface area contributed by atoms with E-state index in [2.05, 4.69) is 18.8 Å². The van der Waals surface area contributed by atoms with Crippen LogP contribution in [0.3, 0.4) is 0 Å². The van der Waals surface area contributed by atoms with Gasteiger partial charge in [-0.3, -0.25) is 4.79 Å². The van der Waals surface area contributed by atoms with Gasteiger partial charge in [-0.05, 0) is 44.8 Å². The minimum atomic E-state index is 0.239. The van der Waals surface area contributed by atoms with Gasteiger partial charge in [0.2, 0.25) is 5.91 Å². The number of aryl methyl sites for hydroxylation is 1. The van der Waals surface area contributed by atoms with Crippen molar-refractivity contribution in [2.24, 2.45) is 5.92 Å². The largest absolute Gasteiger partial charge is 0.341 e. The number of thiazole rings is 1. The Balaban J connectivity index is 2.04. The first kappa shape index (κ1) is 13.7. The summed E-state index contributed by atoms with van der Waals surface area (Å²) in [5.74, 6) is 0.975. The van der Waals surface area contributed by atoms with E-state index in [1.807, 2.05) is 11.8 Å². The predicted molar refractivity (Wildman–Crippen MR) is 77.5 cm³/mol. The van der Waals surface area contributed by atoms with E-state index >= 15 is 0 Å². The van der Waals surface area contributed by atoms with Crippen LogP contribution in [0.4, 0.5) is 0 Å². The lowest BCUT2D eigenvalue weighted by Gasteiger charge is -2.36. The quantitative estimate of drug-likeness (QED) is 0.846. The SMILES string of the molecule is Cc1[nH]c(=S)sc1CC(=O)N1CCC(C)CC1C. The van der Waals surface area contributed by atoms with Gasteiger partial charge in [0.05, 0.1) is 6.42 Å². The van der Waals surface area contributed by atoms with Crippen molar-refractivity contribution in [1.82, 2.24) is 9.88 Å². The normalized spacial score (nSPS) is 24.3. The van der Waals surface area contributed by atoms with Crippen molar-refractivity contribution in [2.75, 3.05) is 6.54 Å². The highest BCUT2D eigenvalue weighted by molar-refractivity contribution is 7.73. The fraction of sp³-hybridized carbons (Fsp3) is 0.692. The molecule has 1 aliphatic heterocycles. The molecule has 2 rings (SSSR count). The van der Waals surface area contributed by atoms with Crippen molar-refractivity contribution >= 4 is 29.5 Å². The number of H-pyrrole nitrogens is 1. The predicted octanol–water partition coefficient (Wildman–Crippen LogP) is 3.30. The first-order valence-corrected chi connectivity index (χ1v) is 7.68. The van der Waals surface area contributed by atoms with Crippen LogP contribution in [0.2, 0.25) is 0 Å². The molecule has 0 aromatic carbocycles. The minimum absolute atomic E-state index is 0.239. The van der Waals surface area contributed by atoms with E-state index < -0.39 is 0 Å². The van der Waals surface area contributed by atoms with Gasteiger partial charge in [0, 0.05) is 23.2 Å². The summed E-state index contributed by atoms with van der Waals surface area (Å²) in [6.07, 6.45) is 2.73. The molecule has 1 amide bonds. The summed E-state index contributed by atoms with van der Waals surface area (Å²) < 4.78 is 0.760. The third-order valence-electron chi connectivity index (χ3n) is 3.69.